The van der Waals surface area contributed by atoms with Crippen LogP contribution in [0.5, 0.6) is 5.75 Å². The van der Waals surface area contributed by atoms with Crippen molar-refractivity contribution in [3.8, 4) is 5.75 Å². The summed E-state index contributed by atoms with van der Waals surface area (Å²) in [7, 11) is -3.74. The molecule has 0 fully saturated rings. The first-order valence-electron chi connectivity index (χ1n) is 10.5. The molecular formula is C24H26N2O4S2. The lowest BCUT2D eigenvalue weighted by atomic mass is 9.99. The minimum absolute atomic E-state index is 0.0106. The minimum Gasteiger partial charge on any atom is -0.493 e. The van der Waals surface area contributed by atoms with E-state index in [4.69, 9.17) is 4.74 Å². The van der Waals surface area contributed by atoms with E-state index in [1.807, 2.05) is 34.5 Å². The third kappa shape index (κ3) is 5.14. The summed E-state index contributed by atoms with van der Waals surface area (Å²) in [5, 5.41) is 1.89. The van der Waals surface area contributed by atoms with Crippen molar-refractivity contribution in [1.29, 1.82) is 0 Å². The maximum absolute atomic E-state index is 12.9. The third-order valence-electron chi connectivity index (χ3n) is 5.21. The van der Waals surface area contributed by atoms with Crippen LogP contribution in [0.3, 0.4) is 0 Å². The second-order valence-corrected chi connectivity index (χ2v) is 10.8. The van der Waals surface area contributed by atoms with E-state index in [2.05, 4.69) is 18.6 Å². The molecule has 6 nitrogen and oxygen atoms in total. The number of amides is 1. The highest BCUT2D eigenvalue weighted by Gasteiger charge is 2.23. The molecule has 0 atom stereocenters. The van der Waals surface area contributed by atoms with E-state index in [-0.39, 0.29) is 10.8 Å². The van der Waals surface area contributed by atoms with E-state index >= 15 is 0 Å². The van der Waals surface area contributed by atoms with Gasteiger partial charge in [-0.05, 0) is 71.3 Å². The molecule has 32 heavy (non-hydrogen) atoms. The van der Waals surface area contributed by atoms with Crippen molar-refractivity contribution in [3.05, 3.63) is 76.0 Å². The van der Waals surface area contributed by atoms with Gasteiger partial charge >= 0.3 is 0 Å². The molecule has 0 radical (unpaired) electrons. The molecule has 0 unspecified atom stereocenters. The SMILES string of the molecule is CC(C)COc1ccc(S(=O)(=O)Nc2ccc3c(c2)CN(C(=O)c2cccs2)CC3)cc1. The average molecular weight is 471 g/mol. The van der Waals surface area contributed by atoms with Crippen molar-refractivity contribution < 1.29 is 17.9 Å². The van der Waals surface area contributed by atoms with Crippen LogP contribution in [0, 0.1) is 5.92 Å². The number of carbonyl (C=O) groups excluding carboxylic acids is 1. The molecule has 0 spiro atoms. The Morgan fingerprint density at radius 1 is 1.12 bits per heavy atom. The number of nitrogens with one attached hydrogen (secondary N) is 1. The monoisotopic (exact) mass is 470 g/mol. The van der Waals surface area contributed by atoms with Crippen LogP contribution in [-0.2, 0) is 23.0 Å². The molecule has 3 aromatic rings. The lowest BCUT2D eigenvalue weighted by Crippen LogP contribution is -2.35. The van der Waals surface area contributed by atoms with Gasteiger partial charge < -0.3 is 9.64 Å². The fraction of sp³-hybridized carbons (Fsp3) is 0.292. The second-order valence-electron chi connectivity index (χ2n) is 8.22. The van der Waals surface area contributed by atoms with Crippen LogP contribution in [0.15, 0.2) is 64.9 Å². The van der Waals surface area contributed by atoms with Gasteiger partial charge in [-0.1, -0.05) is 26.0 Å². The van der Waals surface area contributed by atoms with E-state index in [1.54, 1.807) is 18.2 Å². The number of hydrogen-bond donors (Lipinski definition) is 1. The summed E-state index contributed by atoms with van der Waals surface area (Å²) in [4.78, 5) is 15.4. The molecule has 1 aromatic heterocycles. The van der Waals surface area contributed by atoms with Gasteiger partial charge in [-0.2, -0.15) is 0 Å². The molecule has 0 bridgehead atoms. The molecule has 2 heterocycles. The lowest BCUT2D eigenvalue weighted by molar-refractivity contribution is 0.0739. The van der Waals surface area contributed by atoms with Crippen molar-refractivity contribution in [2.75, 3.05) is 17.9 Å². The Labute approximate surface area is 192 Å². The van der Waals surface area contributed by atoms with Gasteiger partial charge in [0, 0.05) is 18.8 Å². The van der Waals surface area contributed by atoms with E-state index in [0.717, 1.165) is 17.5 Å². The van der Waals surface area contributed by atoms with Gasteiger partial charge in [0.05, 0.1) is 16.4 Å². The van der Waals surface area contributed by atoms with Gasteiger partial charge in [0.1, 0.15) is 5.75 Å². The summed E-state index contributed by atoms with van der Waals surface area (Å²) in [6, 6.07) is 15.6. The number of nitrogens with zero attached hydrogens (tertiary/aromatic N) is 1. The maximum atomic E-state index is 12.9. The molecule has 2 aromatic carbocycles. The average Bonchev–Trinajstić information content (AvgIpc) is 3.31. The van der Waals surface area contributed by atoms with Crippen molar-refractivity contribution in [2.45, 2.75) is 31.7 Å². The summed E-state index contributed by atoms with van der Waals surface area (Å²) >= 11 is 1.43. The van der Waals surface area contributed by atoms with Crippen LogP contribution < -0.4 is 9.46 Å². The number of hydrogen-bond acceptors (Lipinski definition) is 5. The van der Waals surface area contributed by atoms with E-state index in [1.165, 1.54) is 23.5 Å². The fourth-order valence-corrected chi connectivity index (χ4v) is 5.28. The number of sulfonamides is 1. The molecular weight excluding hydrogens is 444 g/mol. The van der Waals surface area contributed by atoms with Gasteiger partial charge in [-0.3, -0.25) is 9.52 Å². The number of thiophene rings is 1. The Morgan fingerprint density at radius 3 is 2.59 bits per heavy atom. The van der Waals surface area contributed by atoms with Crippen LogP contribution in [0.25, 0.3) is 0 Å². The Bertz CT molecular complexity index is 1190. The van der Waals surface area contributed by atoms with Crippen LogP contribution in [0.2, 0.25) is 0 Å². The van der Waals surface area contributed by atoms with Crippen LogP contribution >= 0.6 is 11.3 Å². The summed E-state index contributed by atoms with van der Waals surface area (Å²) in [6.45, 7) is 5.80. The molecule has 1 aliphatic rings. The van der Waals surface area contributed by atoms with Gasteiger partial charge in [-0.25, -0.2) is 8.42 Å². The fourth-order valence-electron chi connectivity index (χ4n) is 3.54. The smallest absolute Gasteiger partial charge is 0.264 e. The molecule has 1 amide bonds. The largest absolute Gasteiger partial charge is 0.493 e. The Hall–Kier alpha value is -2.84. The zero-order chi connectivity index (χ0) is 22.7. The molecule has 1 aliphatic heterocycles. The van der Waals surface area contributed by atoms with E-state index in [9.17, 15) is 13.2 Å². The van der Waals surface area contributed by atoms with Crippen LogP contribution in [0.4, 0.5) is 5.69 Å². The standard InChI is InChI=1S/C24H26N2O4S2/c1-17(2)16-30-21-7-9-22(10-8-21)32(28,29)25-20-6-5-18-11-12-26(15-19(18)14-20)24(27)23-4-3-13-31-23/h3-10,13-14,17,25H,11-12,15-16H2,1-2H3. The Kier molecular flexibility index (Phi) is 6.53. The Balaban J connectivity index is 1.47. The Morgan fingerprint density at radius 2 is 1.91 bits per heavy atom. The predicted molar refractivity (Wildman–Crippen MR) is 127 cm³/mol. The molecule has 8 heteroatoms. The summed E-state index contributed by atoms with van der Waals surface area (Å²) < 4.78 is 34.0. The molecule has 0 saturated heterocycles. The zero-order valence-corrected chi connectivity index (χ0v) is 19.7. The minimum atomic E-state index is -3.74. The van der Waals surface area contributed by atoms with Crippen LogP contribution in [-0.4, -0.2) is 32.4 Å². The summed E-state index contributed by atoms with van der Waals surface area (Å²) in [5.74, 6) is 1.04. The summed E-state index contributed by atoms with van der Waals surface area (Å²) in [6.07, 6.45) is 0.747. The van der Waals surface area contributed by atoms with Crippen molar-refractivity contribution in [3.63, 3.8) is 0 Å². The number of anilines is 1. The van der Waals surface area contributed by atoms with Gasteiger partial charge in [0.15, 0.2) is 0 Å². The normalized spacial score (nSPS) is 13.7. The van der Waals surface area contributed by atoms with E-state index in [0.29, 0.717) is 41.9 Å². The topological polar surface area (TPSA) is 75.7 Å². The van der Waals surface area contributed by atoms with Crippen molar-refractivity contribution >= 4 is 33.0 Å². The predicted octanol–water partition coefficient (Wildman–Crippen LogP) is 4.78. The maximum Gasteiger partial charge on any atom is 0.264 e. The molecule has 168 valence electrons. The first-order chi connectivity index (χ1) is 15.3. The lowest BCUT2D eigenvalue weighted by Gasteiger charge is -2.29. The number of ether oxygens (including phenoxy) is 1. The first-order valence-corrected chi connectivity index (χ1v) is 12.9. The van der Waals surface area contributed by atoms with E-state index < -0.39 is 10.0 Å². The highest BCUT2D eigenvalue weighted by atomic mass is 32.2. The van der Waals surface area contributed by atoms with Crippen molar-refractivity contribution in [2.24, 2.45) is 5.92 Å². The molecule has 0 saturated carbocycles. The zero-order valence-electron chi connectivity index (χ0n) is 18.1. The number of fused-ring (bicyclic) bond motifs is 1. The highest BCUT2D eigenvalue weighted by Crippen LogP contribution is 2.26. The third-order valence-corrected chi connectivity index (χ3v) is 7.46. The quantitative estimate of drug-likeness (QED) is 0.539. The molecule has 4 rings (SSSR count). The number of carbonyl (C=O) groups is 1. The first kappa shape index (κ1) is 22.4. The van der Waals surface area contributed by atoms with Gasteiger partial charge in [0.25, 0.3) is 15.9 Å². The van der Waals surface area contributed by atoms with Crippen molar-refractivity contribution in [1.82, 2.24) is 4.90 Å². The second kappa shape index (κ2) is 9.34. The van der Waals surface area contributed by atoms with Crippen LogP contribution in [0.1, 0.15) is 34.6 Å². The number of benzene rings is 2. The summed E-state index contributed by atoms with van der Waals surface area (Å²) in [5.41, 5.74) is 2.57. The van der Waals surface area contributed by atoms with Gasteiger partial charge in [0.2, 0.25) is 0 Å². The number of rotatable bonds is 7. The van der Waals surface area contributed by atoms with Gasteiger partial charge in [-0.15, -0.1) is 11.3 Å². The molecule has 0 aliphatic carbocycles. The molecule has 1 N–H and O–H groups in total. The highest BCUT2D eigenvalue weighted by molar-refractivity contribution is 7.92.